The third kappa shape index (κ3) is 4.84. The van der Waals surface area contributed by atoms with Crippen molar-refractivity contribution in [3.8, 4) is 17.0 Å². The van der Waals surface area contributed by atoms with Crippen LogP contribution in [0.2, 0.25) is 0 Å². The number of nitrogens with zero attached hydrogens (tertiary/aromatic N) is 1. The maximum atomic E-state index is 13.3. The van der Waals surface area contributed by atoms with Gasteiger partial charge in [0.25, 0.3) is 0 Å². The van der Waals surface area contributed by atoms with E-state index in [-0.39, 0.29) is 5.91 Å². The van der Waals surface area contributed by atoms with Crippen LogP contribution in [0.5, 0.6) is 5.75 Å². The Balaban J connectivity index is 1.59. The van der Waals surface area contributed by atoms with Gasteiger partial charge in [-0.1, -0.05) is 60.7 Å². The van der Waals surface area contributed by atoms with Crippen LogP contribution < -0.4 is 10.1 Å². The zero-order valence-electron chi connectivity index (χ0n) is 17.5. The van der Waals surface area contributed by atoms with Crippen molar-refractivity contribution in [2.75, 3.05) is 11.9 Å². The molecule has 3 aromatic carbocycles. The molecule has 0 saturated heterocycles. The average molecular weight is 429 g/mol. The van der Waals surface area contributed by atoms with Gasteiger partial charge in [-0.25, -0.2) is 4.98 Å². The Labute approximate surface area is 186 Å². The summed E-state index contributed by atoms with van der Waals surface area (Å²) in [5, 5.41) is 3.65. The lowest BCUT2D eigenvalue weighted by molar-refractivity contribution is -0.116. The summed E-state index contributed by atoms with van der Waals surface area (Å²) < 4.78 is 5.52. The van der Waals surface area contributed by atoms with Crippen LogP contribution in [0.1, 0.15) is 28.8 Å². The van der Waals surface area contributed by atoms with Crippen molar-refractivity contribution in [2.45, 2.75) is 19.8 Å². The number of benzene rings is 3. The highest BCUT2D eigenvalue weighted by Gasteiger charge is 2.24. The van der Waals surface area contributed by atoms with E-state index < -0.39 is 5.92 Å². The molecule has 31 heavy (non-hydrogen) atoms. The summed E-state index contributed by atoms with van der Waals surface area (Å²) in [6.07, 6.45) is 0. The number of carbonyl (C=O) groups excluding carboxylic acids is 1. The molecule has 0 spiro atoms. The molecule has 0 aliphatic carbocycles. The Morgan fingerprint density at radius 2 is 1.52 bits per heavy atom. The summed E-state index contributed by atoms with van der Waals surface area (Å²) in [5.41, 5.74) is 3.78. The molecule has 156 valence electrons. The van der Waals surface area contributed by atoms with Gasteiger partial charge in [0, 0.05) is 10.4 Å². The molecule has 1 aromatic heterocycles. The SMILES string of the molecule is CCOc1ccc(-c2nc(NC(=O)C(c3ccccc3)c3ccccc3)sc2C)cc1. The predicted molar refractivity (Wildman–Crippen MR) is 127 cm³/mol. The second kappa shape index (κ2) is 9.58. The highest BCUT2D eigenvalue weighted by atomic mass is 32.1. The number of anilines is 1. The van der Waals surface area contributed by atoms with E-state index in [1.54, 1.807) is 0 Å². The van der Waals surface area contributed by atoms with Gasteiger partial charge in [0.05, 0.1) is 18.2 Å². The van der Waals surface area contributed by atoms with Crippen molar-refractivity contribution in [3.05, 3.63) is 101 Å². The van der Waals surface area contributed by atoms with Gasteiger partial charge in [-0.3, -0.25) is 4.79 Å². The van der Waals surface area contributed by atoms with E-state index in [2.05, 4.69) is 5.32 Å². The van der Waals surface area contributed by atoms with Crippen molar-refractivity contribution < 1.29 is 9.53 Å². The average Bonchev–Trinajstić information content (AvgIpc) is 3.16. The van der Waals surface area contributed by atoms with Gasteiger partial charge >= 0.3 is 0 Å². The van der Waals surface area contributed by atoms with E-state index in [0.717, 1.165) is 33.0 Å². The van der Waals surface area contributed by atoms with E-state index >= 15 is 0 Å². The largest absolute Gasteiger partial charge is 0.494 e. The Bertz CT molecular complexity index is 1100. The molecule has 0 aliphatic heterocycles. The number of ether oxygens (including phenoxy) is 1. The third-order valence-electron chi connectivity index (χ3n) is 4.99. The maximum Gasteiger partial charge on any atom is 0.238 e. The number of hydrogen-bond donors (Lipinski definition) is 1. The van der Waals surface area contributed by atoms with E-state index in [4.69, 9.17) is 9.72 Å². The summed E-state index contributed by atoms with van der Waals surface area (Å²) in [7, 11) is 0. The number of aromatic nitrogens is 1. The second-order valence-corrected chi connectivity index (χ2v) is 8.33. The summed E-state index contributed by atoms with van der Waals surface area (Å²) in [5.74, 6) is 0.339. The minimum atomic E-state index is -0.402. The van der Waals surface area contributed by atoms with Crippen molar-refractivity contribution in [1.82, 2.24) is 4.98 Å². The fourth-order valence-electron chi connectivity index (χ4n) is 3.56. The molecule has 1 heterocycles. The van der Waals surface area contributed by atoms with Crippen LogP contribution in [0.25, 0.3) is 11.3 Å². The van der Waals surface area contributed by atoms with Crippen LogP contribution in [0.3, 0.4) is 0 Å². The maximum absolute atomic E-state index is 13.3. The molecule has 0 saturated carbocycles. The number of nitrogens with one attached hydrogen (secondary N) is 1. The molecule has 4 aromatic rings. The van der Waals surface area contributed by atoms with Gasteiger partial charge in [0.2, 0.25) is 5.91 Å². The Morgan fingerprint density at radius 1 is 0.935 bits per heavy atom. The molecule has 5 heteroatoms. The quantitative estimate of drug-likeness (QED) is 0.376. The van der Waals surface area contributed by atoms with Crippen LogP contribution in [-0.2, 0) is 4.79 Å². The van der Waals surface area contributed by atoms with Crippen LogP contribution in [0, 0.1) is 6.92 Å². The standard InChI is InChI=1S/C26H24N2O2S/c1-3-30-22-16-14-21(15-17-22)24-18(2)31-26(27-24)28-25(29)23(19-10-6-4-7-11-19)20-12-8-5-9-13-20/h4-17,23H,3H2,1-2H3,(H,27,28,29). The molecule has 1 N–H and O–H groups in total. The summed E-state index contributed by atoms with van der Waals surface area (Å²) >= 11 is 1.49. The molecule has 0 bridgehead atoms. The van der Waals surface area contributed by atoms with Crippen molar-refractivity contribution >= 4 is 22.4 Å². The fraction of sp³-hybridized carbons (Fsp3) is 0.154. The third-order valence-corrected chi connectivity index (χ3v) is 5.88. The Kier molecular flexibility index (Phi) is 6.43. The Morgan fingerprint density at radius 3 is 2.06 bits per heavy atom. The van der Waals surface area contributed by atoms with Gasteiger partial charge < -0.3 is 10.1 Å². The topological polar surface area (TPSA) is 51.2 Å². The molecule has 1 amide bonds. The number of thiazole rings is 1. The van der Waals surface area contributed by atoms with Gasteiger partial charge in [-0.2, -0.15) is 0 Å². The van der Waals surface area contributed by atoms with Crippen LogP contribution in [-0.4, -0.2) is 17.5 Å². The lowest BCUT2D eigenvalue weighted by atomic mass is 9.90. The molecule has 4 rings (SSSR count). The second-order valence-electron chi connectivity index (χ2n) is 7.12. The lowest BCUT2D eigenvalue weighted by Gasteiger charge is -2.17. The molecule has 0 radical (unpaired) electrons. The van der Waals surface area contributed by atoms with Crippen molar-refractivity contribution in [2.24, 2.45) is 0 Å². The molecule has 0 fully saturated rings. The molecule has 0 unspecified atom stereocenters. The number of amides is 1. The van der Waals surface area contributed by atoms with Gasteiger partial charge in [-0.05, 0) is 49.2 Å². The van der Waals surface area contributed by atoms with E-state index in [1.165, 1.54) is 11.3 Å². The highest BCUT2D eigenvalue weighted by Crippen LogP contribution is 2.33. The first-order valence-corrected chi connectivity index (χ1v) is 11.1. The minimum absolute atomic E-state index is 0.0932. The fourth-order valence-corrected chi connectivity index (χ4v) is 4.40. The normalized spacial score (nSPS) is 10.8. The molecule has 0 aliphatic rings. The highest BCUT2D eigenvalue weighted by molar-refractivity contribution is 7.16. The first kappa shape index (κ1) is 20.8. The van der Waals surface area contributed by atoms with E-state index in [1.807, 2.05) is 98.8 Å². The minimum Gasteiger partial charge on any atom is -0.494 e. The smallest absolute Gasteiger partial charge is 0.238 e. The van der Waals surface area contributed by atoms with Crippen LogP contribution >= 0.6 is 11.3 Å². The van der Waals surface area contributed by atoms with Crippen LogP contribution in [0.4, 0.5) is 5.13 Å². The molecular formula is C26H24N2O2S. The van der Waals surface area contributed by atoms with Crippen LogP contribution in [0.15, 0.2) is 84.9 Å². The molecule has 4 nitrogen and oxygen atoms in total. The number of hydrogen-bond acceptors (Lipinski definition) is 4. The van der Waals surface area contributed by atoms with Crippen molar-refractivity contribution in [1.29, 1.82) is 0 Å². The van der Waals surface area contributed by atoms with E-state index in [9.17, 15) is 4.79 Å². The predicted octanol–water partition coefficient (Wildman–Crippen LogP) is 6.29. The lowest BCUT2D eigenvalue weighted by Crippen LogP contribution is -2.22. The Hall–Kier alpha value is -3.44. The van der Waals surface area contributed by atoms with Gasteiger partial charge in [0.1, 0.15) is 5.75 Å². The summed E-state index contributed by atoms with van der Waals surface area (Å²) in [4.78, 5) is 19.1. The molecular weight excluding hydrogens is 404 g/mol. The summed E-state index contributed by atoms with van der Waals surface area (Å²) in [6.45, 7) is 4.62. The summed E-state index contributed by atoms with van der Waals surface area (Å²) in [6, 6.07) is 27.5. The first-order valence-electron chi connectivity index (χ1n) is 10.3. The number of carbonyl (C=O) groups is 1. The zero-order chi connectivity index (χ0) is 21.6. The molecule has 0 atom stereocenters. The monoisotopic (exact) mass is 428 g/mol. The zero-order valence-corrected chi connectivity index (χ0v) is 18.4. The number of aryl methyl sites for hydroxylation is 1. The van der Waals surface area contributed by atoms with E-state index in [0.29, 0.717) is 11.7 Å². The van der Waals surface area contributed by atoms with Gasteiger partial charge in [0.15, 0.2) is 5.13 Å². The van der Waals surface area contributed by atoms with Gasteiger partial charge in [-0.15, -0.1) is 11.3 Å². The van der Waals surface area contributed by atoms with Crippen molar-refractivity contribution in [3.63, 3.8) is 0 Å². The number of rotatable bonds is 7. The first-order chi connectivity index (χ1) is 15.2.